The number of ether oxygens (including phenoxy) is 2. The quantitative estimate of drug-likeness (QED) is 0.632. The lowest BCUT2D eigenvalue weighted by Crippen LogP contribution is -2.30. The minimum Gasteiger partial charge on any atom is -0.496 e. The summed E-state index contributed by atoms with van der Waals surface area (Å²) >= 11 is 4.74. The largest absolute Gasteiger partial charge is 0.496 e. The average Bonchev–Trinajstić information content (AvgIpc) is 3.03. The summed E-state index contributed by atoms with van der Waals surface area (Å²) in [5.41, 5.74) is 1.35. The molecule has 1 amide bonds. The molecule has 0 saturated carbocycles. The Morgan fingerprint density at radius 3 is 2.77 bits per heavy atom. The molecule has 0 spiro atoms. The highest BCUT2D eigenvalue weighted by molar-refractivity contribution is 9.10. The number of anilines is 1. The van der Waals surface area contributed by atoms with Gasteiger partial charge in [-0.05, 0) is 43.6 Å². The van der Waals surface area contributed by atoms with Crippen LogP contribution in [0.3, 0.4) is 0 Å². The van der Waals surface area contributed by atoms with E-state index in [4.69, 9.17) is 9.47 Å². The summed E-state index contributed by atoms with van der Waals surface area (Å²) in [6.45, 7) is 2.76. The first-order chi connectivity index (χ1) is 12.4. The van der Waals surface area contributed by atoms with Crippen molar-refractivity contribution in [3.05, 3.63) is 45.2 Å². The fourth-order valence-electron chi connectivity index (χ4n) is 2.40. The molecule has 0 radical (unpaired) electrons. The zero-order valence-electron chi connectivity index (χ0n) is 14.9. The lowest BCUT2D eigenvalue weighted by molar-refractivity contribution is -0.117. The number of nitrogens with zero attached hydrogens (tertiary/aromatic N) is 1. The highest BCUT2D eigenvalue weighted by Crippen LogP contribution is 2.25. The number of likely N-dealkylation sites (N-methyl/N-ethyl adjacent to an activating group) is 1. The van der Waals surface area contributed by atoms with Crippen molar-refractivity contribution in [2.24, 2.45) is 0 Å². The molecule has 0 aliphatic heterocycles. The van der Waals surface area contributed by atoms with Crippen molar-refractivity contribution < 1.29 is 19.1 Å². The summed E-state index contributed by atoms with van der Waals surface area (Å²) in [6, 6.07) is 7.40. The van der Waals surface area contributed by atoms with Crippen LogP contribution in [-0.4, -0.2) is 44.1 Å². The van der Waals surface area contributed by atoms with E-state index >= 15 is 0 Å². The van der Waals surface area contributed by atoms with Gasteiger partial charge in [-0.3, -0.25) is 9.69 Å². The van der Waals surface area contributed by atoms with E-state index < -0.39 is 5.97 Å². The van der Waals surface area contributed by atoms with Crippen LogP contribution in [0.4, 0.5) is 5.00 Å². The van der Waals surface area contributed by atoms with E-state index in [0.29, 0.717) is 23.7 Å². The first kappa shape index (κ1) is 20.4. The van der Waals surface area contributed by atoms with Crippen molar-refractivity contribution in [3.63, 3.8) is 0 Å². The highest BCUT2D eigenvalue weighted by atomic mass is 79.9. The predicted molar refractivity (Wildman–Crippen MR) is 106 cm³/mol. The molecule has 0 bridgehead atoms. The van der Waals surface area contributed by atoms with Gasteiger partial charge in [0, 0.05) is 16.6 Å². The number of rotatable bonds is 8. The number of hydrogen-bond acceptors (Lipinski definition) is 6. The summed E-state index contributed by atoms with van der Waals surface area (Å²) in [4.78, 5) is 26.1. The number of methoxy groups -OCH3 is 1. The summed E-state index contributed by atoms with van der Waals surface area (Å²) < 4.78 is 11.3. The Kier molecular flexibility index (Phi) is 7.62. The Balaban J connectivity index is 1.97. The monoisotopic (exact) mass is 440 g/mol. The van der Waals surface area contributed by atoms with E-state index in [-0.39, 0.29) is 12.5 Å². The van der Waals surface area contributed by atoms with Gasteiger partial charge in [0.2, 0.25) is 5.91 Å². The van der Waals surface area contributed by atoms with Gasteiger partial charge in [-0.25, -0.2) is 4.79 Å². The van der Waals surface area contributed by atoms with Gasteiger partial charge in [0.05, 0.1) is 25.8 Å². The van der Waals surface area contributed by atoms with Crippen LogP contribution in [0.25, 0.3) is 0 Å². The molecule has 1 heterocycles. The third kappa shape index (κ3) is 5.55. The third-order valence-electron chi connectivity index (χ3n) is 3.51. The van der Waals surface area contributed by atoms with Crippen molar-refractivity contribution in [1.82, 2.24) is 4.90 Å². The molecule has 0 unspecified atom stereocenters. The number of halogens is 1. The molecule has 26 heavy (non-hydrogen) atoms. The van der Waals surface area contributed by atoms with Crippen molar-refractivity contribution in [3.8, 4) is 5.75 Å². The molecule has 0 saturated heterocycles. The first-order valence-corrected chi connectivity index (χ1v) is 9.67. The van der Waals surface area contributed by atoms with Crippen LogP contribution >= 0.6 is 27.3 Å². The maximum Gasteiger partial charge on any atom is 0.341 e. The molecular weight excluding hydrogens is 420 g/mol. The lowest BCUT2D eigenvalue weighted by Gasteiger charge is -2.18. The normalized spacial score (nSPS) is 10.7. The van der Waals surface area contributed by atoms with Crippen LogP contribution < -0.4 is 10.1 Å². The smallest absolute Gasteiger partial charge is 0.341 e. The van der Waals surface area contributed by atoms with Gasteiger partial charge in [-0.15, -0.1) is 11.3 Å². The summed E-state index contributed by atoms with van der Waals surface area (Å²) in [5, 5.41) is 5.03. The molecule has 0 aliphatic rings. The van der Waals surface area contributed by atoms with Gasteiger partial charge >= 0.3 is 5.97 Å². The number of nitrogens with one attached hydrogen (secondary N) is 1. The van der Waals surface area contributed by atoms with Crippen molar-refractivity contribution in [1.29, 1.82) is 0 Å². The SMILES string of the molecule is CCOC(=O)c1ccsc1NC(=O)CN(C)Cc1cc(Br)ccc1OC. The molecule has 6 nitrogen and oxygen atoms in total. The van der Waals surface area contributed by atoms with Gasteiger partial charge in [-0.1, -0.05) is 15.9 Å². The molecule has 0 aliphatic carbocycles. The molecule has 1 aromatic carbocycles. The maximum absolute atomic E-state index is 12.3. The Morgan fingerprint density at radius 2 is 2.08 bits per heavy atom. The number of hydrogen-bond donors (Lipinski definition) is 1. The van der Waals surface area contributed by atoms with E-state index in [1.807, 2.05) is 30.1 Å². The Hall–Kier alpha value is -1.90. The van der Waals surface area contributed by atoms with Crippen LogP contribution in [0.2, 0.25) is 0 Å². The van der Waals surface area contributed by atoms with E-state index in [1.54, 1.807) is 25.5 Å². The second kappa shape index (κ2) is 9.70. The maximum atomic E-state index is 12.3. The molecule has 1 aromatic heterocycles. The van der Waals surface area contributed by atoms with Gasteiger partial charge in [-0.2, -0.15) is 0 Å². The number of esters is 1. The van der Waals surface area contributed by atoms with Crippen molar-refractivity contribution in [2.45, 2.75) is 13.5 Å². The van der Waals surface area contributed by atoms with E-state index in [1.165, 1.54) is 11.3 Å². The molecule has 2 aromatic rings. The Bertz CT molecular complexity index is 778. The molecular formula is C18H21BrN2O4S. The second-order valence-electron chi connectivity index (χ2n) is 5.56. The summed E-state index contributed by atoms with van der Waals surface area (Å²) in [5.74, 6) is 0.133. The summed E-state index contributed by atoms with van der Waals surface area (Å²) in [7, 11) is 3.47. The Labute approximate surface area is 165 Å². The van der Waals surface area contributed by atoms with Crippen LogP contribution in [0.15, 0.2) is 34.1 Å². The van der Waals surface area contributed by atoms with E-state index in [9.17, 15) is 9.59 Å². The predicted octanol–water partition coefficient (Wildman–Crippen LogP) is 3.77. The second-order valence-corrected chi connectivity index (χ2v) is 7.39. The number of amides is 1. The lowest BCUT2D eigenvalue weighted by atomic mass is 10.2. The molecule has 0 atom stereocenters. The fraction of sp³-hybridized carbons (Fsp3) is 0.333. The van der Waals surface area contributed by atoms with Gasteiger partial charge in [0.25, 0.3) is 0 Å². The van der Waals surface area contributed by atoms with Gasteiger partial charge in [0.1, 0.15) is 10.8 Å². The van der Waals surface area contributed by atoms with Crippen LogP contribution in [0, 0.1) is 0 Å². The van der Waals surface area contributed by atoms with E-state index in [0.717, 1.165) is 15.8 Å². The topological polar surface area (TPSA) is 67.9 Å². The van der Waals surface area contributed by atoms with Crippen LogP contribution in [0.1, 0.15) is 22.8 Å². The van der Waals surface area contributed by atoms with Crippen molar-refractivity contribution >= 4 is 44.1 Å². The van der Waals surface area contributed by atoms with Gasteiger partial charge < -0.3 is 14.8 Å². The Morgan fingerprint density at radius 1 is 1.31 bits per heavy atom. The third-order valence-corrected chi connectivity index (χ3v) is 4.83. The number of thiophene rings is 1. The molecule has 140 valence electrons. The van der Waals surface area contributed by atoms with Crippen LogP contribution in [-0.2, 0) is 16.1 Å². The molecule has 8 heteroatoms. The fourth-order valence-corrected chi connectivity index (χ4v) is 3.60. The zero-order chi connectivity index (χ0) is 19.1. The van der Waals surface area contributed by atoms with Crippen LogP contribution in [0.5, 0.6) is 5.75 Å². The average molecular weight is 441 g/mol. The number of carbonyl (C=O) groups excluding carboxylic acids is 2. The number of carbonyl (C=O) groups is 2. The standard InChI is InChI=1S/C18H21BrN2O4S/c1-4-25-18(23)14-7-8-26-17(14)20-16(22)11-21(2)10-12-9-13(19)5-6-15(12)24-3/h5-9H,4,10-11H2,1-3H3,(H,20,22). The minimum atomic E-state index is -0.434. The van der Waals surface area contributed by atoms with E-state index in [2.05, 4.69) is 21.2 Å². The molecule has 0 fully saturated rings. The zero-order valence-corrected chi connectivity index (χ0v) is 17.3. The van der Waals surface area contributed by atoms with Gasteiger partial charge in [0.15, 0.2) is 0 Å². The summed E-state index contributed by atoms with van der Waals surface area (Å²) in [6.07, 6.45) is 0. The first-order valence-electron chi connectivity index (χ1n) is 8.00. The number of benzene rings is 1. The minimum absolute atomic E-state index is 0.176. The molecule has 2 rings (SSSR count). The van der Waals surface area contributed by atoms with Crippen molar-refractivity contribution in [2.75, 3.05) is 32.6 Å². The highest BCUT2D eigenvalue weighted by Gasteiger charge is 2.17. The molecule has 1 N–H and O–H groups in total.